The zero-order valence-electron chi connectivity index (χ0n) is 16.7. The fraction of sp³-hybridized carbons (Fsp3) is 0.304. The summed E-state index contributed by atoms with van der Waals surface area (Å²) in [4.78, 5) is 28.9. The van der Waals surface area contributed by atoms with Crippen LogP contribution >= 0.6 is 23.1 Å². The zero-order chi connectivity index (χ0) is 21.8. The lowest BCUT2D eigenvalue weighted by molar-refractivity contribution is -0.147. The summed E-state index contributed by atoms with van der Waals surface area (Å²) in [6.07, 6.45) is 2.89. The maximum atomic E-state index is 12.7. The molecule has 158 valence electrons. The number of aliphatic carboxylic acids is 1. The molecule has 0 spiro atoms. The van der Waals surface area contributed by atoms with Gasteiger partial charge in [-0.3, -0.25) is 9.59 Å². The molecular weight excluding hydrogens is 430 g/mol. The number of thiazole rings is 1. The molecule has 0 bridgehead atoms. The number of hydrogen-bond acceptors (Lipinski definition) is 6. The van der Waals surface area contributed by atoms with Gasteiger partial charge >= 0.3 is 5.97 Å². The van der Waals surface area contributed by atoms with Crippen molar-refractivity contribution < 1.29 is 14.7 Å². The molecule has 1 amide bonds. The molecule has 1 aromatic heterocycles. The second kappa shape index (κ2) is 9.50. The van der Waals surface area contributed by atoms with Crippen LogP contribution in [0.5, 0.6) is 0 Å². The second-order valence-corrected chi connectivity index (χ2v) is 9.80. The van der Waals surface area contributed by atoms with E-state index in [0.717, 1.165) is 33.0 Å². The summed E-state index contributed by atoms with van der Waals surface area (Å²) in [5.41, 5.74) is 3.15. The normalized spacial score (nSPS) is 18.4. The van der Waals surface area contributed by atoms with Crippen LogP contribution < -0.4 is 5.32 Å². The molecule has 8 heteroatoms. The predicted octanol–water partition coefficient (Wildman–Crippen LogP) is 5.29. The van der Waals surface area contributed by atoms with Gasteiger partial charge in [0.15, 0.2) is 4.34 Å². The maximum absolute atomic E-state index is 12.7. The van der Waals surface area contributed by atoms with E-state index in [1.54, 1.807) is 17.8 Å². The second-order valence-electron chi connectivity index (χ2n) is 7.54. The Kier molecular flexibility index (Phi) is 6.54. The number of nitrogens with zero attached hydrogens (tertiary/aromatic N) is 2. The first-order valence-corrected chi connectivity index (χ1v) is 11.9. The van der Waals surface area contributed by atoms with Crippen molar-refractivity contribution in [1.29, 1.82) is 5.26 Å². The summed E-state index contributed by atoms with van der Waals surface area (Å²) in [6.45, 7) is 0. The Labute approximate surface area is 188 Å². The highest BCUT2D eigenvalue weighted by Crippen LogP contribution is 2.35. The molecule has 1 aliphatic carbocycles. The number of benzene rings is 2. The average Bonchev–Trinajstić information content (AvgIpc) is 3.20. The molecule has 1 fully saturated rings. The first-order valence-electron chi connectivity index (χ1n) is 10.1. The number of carboxylic acids is 1. The monoisotopic (exact) mass is 451 g/mol. The third-order valence-corrected chi connectivity index (χ3v) is 7.76. The molecule has 4 rings (SSSR count). The number of rotatable bonds is 6. The summed E-state index contributed by atoms with van der Waals surface area (Å²) in [5.74, 6) is -1.56. The number of aromatic nitrogens is 1. The molecule has 1 heterocycles. The number of fused-ring (bicyclic) bond motifs is 1. The predicted molar refractivity (Wildman–Crippen MR) is 122 cm³/mol. The molecule has 0 unspecified atom stereocenters. The van der Waals surface area contributed by atoms with Crippen molar-refractivity contribution >= 4 is 50.9 Å². The van der Waals surface area contributed by atoms with Crippen LogP contribution in [0, 0.1) is 23.2 Å². The molecule has 0 radical (unpaired) electrons. The van der Waals surface area contributed by atoms with Crippen LogP contribution in [0.15, 0.2) is 46.8 Å². The number of nitrogens with one attached hydrogen (secondary N) is 1. The Hall–Kier alpha value is -2.89. The highest BCUT2D eigenvalue weighted by atomic mass is 32.2. The van der Waals surface area contributed by atoms with Crippen molar-refractivity contribution in [1.82, 2.24) is 4.98 Å². The smallest absolute Gasteiger partial charge is 0.307 e. The number of nitriles is 1. The lowest BCUT2D eigenvalue weighted by Gasteiger charge is -2.27. The van der Waals surface area contributed by atoms with Gasteiger partial charge in [0.05, 0.1) is 33.7 Å². The van der Waals surface area contributed by atoms with Gasteiger partial charge in [-0.25, -0.2) is 4.98 Å². The molecule has 1 aliphatic rings. The van der Waals surface area contributed by atoms with Crippen LogP contribution in [0.25, 0.3) is 10.2 Å². The number of thioether (sulfide) groups is 1. The van der Waals surface area contributed by atoms with Crippen LogP contribution in [0.1, 0.15) is 36.8 Å². The van der Waals surface area contributed by atoms with E-state index in [-0.39, 0.29) is 5.91 Å². The molecule has 31 heavy (non-hydrogen) atoms. The van der Waals surface area contributed by atoms with Crippen molar-refractivity contribution in [3.63, 3.8) is 0 Å². The number of carbonyl (C=O) groups is 2. The van der Waals surface area contributed by atoms with E-state index in [9.17, 15) is 20.0 Å². The maximum Gasteiger partial charge on any atom is 0.307 e. The minimum Gasteiger partial charge on any atom is -0.481 e. The van der Waals surface area contributed by atoms with E-state index in [2.05, 4.69) is 16.4 Å². The molecule has 2 aromatic carbocycles. The quantitative estimate of drug-likeness (QED) is 0.494. The van der Waals surface area contributed by atoms with Gasteiger partial charge in [0.25, 0.3) is 0 Å². The van der Waals surface area contributed by atoms with Gasteiger partial charge in [0.1, 0.15) is 0 Å². The average molecular weight is 452 g/mol. The van der Waals surface area contributed by atoms with Gasteiger partial charge in [-0.05, 0) is 42.7 Å². The Morgan fingerprint density at radius 2 is 1.97 bits per heavy atom. The van der Waals surface area contributed by atoms with E-state index in [1.165, 1.54) is 11.3 Å². The van der Waals surface area contributed by atoms with Gasteiger partial charge in [-0.1, -0.05) is 42.8 Å². The van der Waals surface area contributed by atoms with Crippen molar-refractivity contribution in [2.45, 2.75) is 35.8 Å². The number of anilines is 1. The summed E-state index contributed by atoms with van der Waals surface area (Å²) in [5, 5.41) is 21.6. The molecule has 3 aromatic rings. The van der Waals surface area contributed by atoms with Crippen LogP contribution in [0.2, 0.25) is 0 Å². The minimum atomic E-state index is -0.891. The van der Waals surface area contributed by atoms with Crippen LogP contribution in [0.4, 0.5) is 5.69 Å². The van der Waals surface area contributed by atoms with E-state index >= 15 is 0 Å². The topological polar surface area (TPSA) is 103 Å². The largest absolute Gasteiger partial charge is 0.481 e. The van der Waals surface area contributed by atoms with Gasteiger partial charge in [-0.15, -0.1) is 11.3 Å². The molecule has 2 N–H and O–H groups in total. The van der Waals surface area contributed by atoms with Gasteiger partial charge < -0.3 is 10.4 Å². The fourth-order valence-corrected chi connectivity index (χ4v) is 6.02. The number of amides is 1. The first-order chi connectivity index (χ1) is 15.0. The molecule has 0 aliphatic heterocycles. The summed E-state index contributed by atoms with van der Waals surface area (Å²) >= 11 is 3.11. The highest BCUT2D eigenvalue weighted by Gasteiger charge is 2.35. The Bertz CT molecular complexity index is 1170. The van der Waals surface area contributed by atoms with Crippen LogP contribution in [0.3, 0.4) is 0 Å². The molecule has 0 saturated heterocycles. The third-order valence-electron chi connectivity index (χ3n) is 5.55. The van der Waals surface area contributed by atoms with E-state index < -0.39 is 17.8 Å². The highest BCUT2D eigenvalue weighted by molar-refractivity contribution is 8.00. The van der Waals surface area contributed by atoms with Crippen molar-refractivity contribution in [2.24, 2.45) is 11.8 Å². The lowest BCUT2D eigenvalue weighted by atomic mass is 9.78. The van der Waals surface area contributed by atoms with Crippen molar-refractivity contribution in [2.75, 3.05) is 5.32 Å². The fourth-order valence-electron chi connectivity index (χ4n) is 3.91. The third kappa shape index (κ3) is 4.89. The van der Waals surface area contributed by atoms with E-state index in [0.29, 0.717) is 29.8 Å². The van der Waals surface area contributed by atoms with E-state index in [4.69, 9.17) is 0 Å². The molecular formula is C23H21N3O3S2. The summed E-state index contributed by atoms with van der Waals surface area (Å²) in [6, 6.07) is 15.3. The Morgan fingerprint density at radius 3 is 2.74 bits per heavy atom. The number of carboxylic acid groups (broad SMARTS) is 1. The number of hydrogen-bond donors (Lipinski definition) is 2. The lowest BCUT2D eigenvalue weighted by Crippen LogP contribution is -2.36. The minimum absolute atomic E-state index is 0.223. The molecule has 2 atom stereocenters. The standard InChI is InChI=1S/C23H21N3O3S2/c24-12-14-5-1-2-6-15(14)13-30-23-26-19-10-9-16(11-20(19)31-23)25-21(27)17-7-3-4-8-18(17)22(28)29/h1-2,5-6,9-11,17-18H,3-4,7-8,13H2,(H,25,27)(H,28,29)/t17-,18-/m1/s1. The van der Waals surface area contributed by atoms with Crippen molar-refractivity contribution in [3.05, 3.63) is 53.6 Å². The Morgan fingerprint density at radius 1 is 1.19 bits per heavy atom. The SMILES string of the molecule is N#Cc1ccccc1CSc1nc2ccc(NC(=O)[C@@H]3CCCC[C@H]3C(=O)O)cc2s1. The van der Waals surface area contributed by atoms with Gasteiger partial charge in [-0.2, -0.15) is 5.26 Å². The number of carbonyl (C=O) groups excluding carboxylic acids is 1. The first kappa shape index (κ1) is 21.3. The van der Waals surface area contributed by atoms with Gasteiger partial charge in [0.2, 0.25) is 5.91 Å². The van der Waals surface area contributed by atoms with Gasteiger partial charge in [0, 0.05) is 11.4 Å². The Balaban J connectivity index is 1.45. The molecule has 6 nitrogen and oxygen atoms in total. The summed E-state index contributed by atoms with van der Waals surface area (Å²) in [7, 11) is 0. The van der Waals surface area contributed by atoms with E-state index in [1.807, 2.05) is 36.4 Å². The van der Waals surface area contributed by atoms with Crippen molar-refractivity contribution in [3.8, 4) is 6.07 Å². The summed E-state index contributed by atoms with van der Waals surface area (Å²) < 4.78 is 1.84. The zero-order valence-corrected chi connectivity index (χ0v) is 18.3. The van der Waals surface area contributed by atoms with Crippen LogP contribution in [-0.4, -0.2) is 22.0 Å². The van der Waals surface area contributed by atoms with Crippen LogP contribution in [-0.2, 0) is 15.3 Å². The molecule has 1 saturated carbocycles.